The second kappa shape index (κ2) is 10.3. The lowest BCUT2D eigenvalue weighted by Crippen LogP contribution is -2.39. The minimum Gasteiger partial charge on any atom is -0.469 e. The molecule has 1 rings (SSSR count). The highest BCUT2D eigenvalue weighted by atomic mass is 32.1. The number of carbonyl (C=O) groups excluding carboxylic acids is 1. The molecule has 0 radical (unpaired) electrons. The monoisotopic (exact) mass is 340 g/mol. The summed E-state index contributed by atoms with van der Waals surface area (Å²) in [5.41, 5.74) is 5.71. The van der Waals surface area contributed by atoms with Crippen LogP contribution in [0.2, 0.25) is 0 Å². The van der Waals surface area contributed by atoms with Gasteiger partial charge in [-0.05, 0) is 31.1 Å². The third-order valence-electron chi connectivity index (χ3n) is 2.98. The van der Waals surface area contributed by atoms with Crippen molar-refractivity contribution >= 4 is 34.7 Å². The molecule has 0 heterocycles. The van der Waals surface area contributed by atoms with Gasteiger partial charge in [0.25, 0.3) is 5.69 Å². The zero-order chi connectivity index (χ0) is 17.1. The Morgan fingerprint density at radius 3 is 2.74 bits per heavy atom. The number of benzene rings is 1. The first-order valence-electron chi connectivity index (χ1n) is 7.14. The average Bonchev–Trinajstić information content (AvgIpc) is 2.55. The fourth-order valence-corrected chi connectivity index (χ4v) is 1.94. The van der Waals surface area contributed by atoms with Crippen LogP contribution >= 0.6 is 12.2 Å². The van der Waals surface area contributed by atoms with E-state index in [2.05, 4.69) is 20.9 Å². The Hall–Kier alpha value is -2.42. The summed E-state index contributed by atoms with van der Waals surface area (Å²) in [5, 5.41) is 14.2. The number of nitrogens with one attached hydrogen (secondary N) is 3. The molecule has 0 spiro atoms. The van der Waals surface area contributed by atoms with Gasteiger partial charge in [0.1, 0.15) is 5.69 Å². The average molecular weight is 340 g/mol. The lowest BCUT2D eigenvalue weighted by molar-refractivity contribution is -0.384. The summed E-state index contributed by atoms with van der Waals surface area (Å²) in [4.78, 5) is 21.3. The largest absolute Gasteiger partial charge is 0.469 e. The first kappa shape index (κ1) is 18.6. The van der Waals surface area contributed by atoms with E-state index in [1.54, 1.807) is 18.2 Å². The minimum atomic E-state index is -0.470. The van der Waals surface area contributed by atoms with Gasteiger partial charge in [-0.1, -0.05) is 18.6 Å². The van der Waals surface area contributed by atoms with E-state index in [0.717, 1.165) is 19.3 Å². The second-order valence-corrected chi connectivity index (χ2v) is 5.08. The van der Waals surface area contributed by atoms with E-state index < -0.39 is 4.92 Å². The molecule has 0 aromatic heterocycles. The van der Waals surface area contributed by atoms with Gasteiger partial charge in [0, 0.05) is 19.0 Å². The van der Waals surface area contributed by atoms with E-state index in [-0.39, 0.29) is 11.7 Å². The van der Waals surface area contributed by atoms with Gasteiger partial charge in [-0.15, -0.1) is 0 Å². The molecular formula is C14H20N4O4S. The molecule has 8 nitrogen and oxygen atoms in total. The number of ether oxygens (including phenoxy) is 1. The Bertz CT molecular complexity index is 553. The van der Waals surface area contributed by atoms with Crippen molar-refractivity contribution in [3.05, 3.63) is 34.4 Å². The topological polar surface area (TPSA) is 106 Å². The molecule has 0 atom stereocenters. The van der Waals surface area contributed by atoms with Gasteiger partial charge >= 0.3 is 5.97 Å². The molecule has 1 aromatic rings. The van der Waals surface area contributed by atoms with Crippen molar-refractivity contribution in [3.63, 3.8) is 0 Å². The zero-order valence-corrected chi connectivity index (χ0v) is 13.6. The highest BCUT2D eigenvalue weighted by Gasteiger charge is 2.11. The lowest BCUT2D eigenvalue weighted by atomic mass is 10.2. The Morgan fingerprint density at radius 2 is 2.04 bits per heavy atom. The Kier molecular flexibility index (Phi) is 8.37. The Balaban J connectivity index is 2.20. The highest BCUT2D eigenvalue weighted by Crippen LogP contribution is 2.21. The van der Waals surface area contributed by atoms with Crippen molar-refractivity contribution in [3.8, 4) is 0 Å². The summed E-state index contributed by atoms with van der Waals surface area (Å²) >= 11 is 5.07. The van der Waals surface area contributed by atoms with Gasteiger partial charge in [-0.3, -0.25) is 25.8 Å². The van der Waals surface area contributed by atoms with E-state index in [1.807, 2.05) is 0 Å². The number of anilines is 1. The zero-order valence-electron chi connectivity index (χ0n) is 12.8. The predicted molar refractivity (Wildman–Crippen MR) is 90.9 cm³/mol. The number of esters is 1. The van der Waals surface area contributed by atoms with Gasteiger partial charge in [0.2, 0.25) is 0 Å². The number of hydrogen-bond acceptors (Lipinski definition) is 6. The molecule has 1 aromatic carbocycles. The van der Waals surface area contributed by atoms with Crippen molar-refractivity contribution in [2.24, 2.45) is 0 Å². The molecule has 0 amide bonds. The molecule has 0 bridgehead atoms. The molecule has 0 unspecified atom stereocenters. The molecule has 0 aliphatic heterocycles. The standard InChI is InChI=1S/C14H20N4O4S/c1-22-13(19)9-3-2-6-10-15-14(23)17-16-11-7-4-5-8-12(11)18(20)21/h4-5,7-8,16H,2-3,6,9-10H2,1H3,(H2,15,17,23). The summed E-state index contributed by atoms with van der Waals surface area (Å²) in [6.07, 6.45) is 2.91. The Morgan fingerprint density at radius 1 is 1.30 bits per heavy atom. The lowest BCUT2D eigenvalue weighted by Gasteiger charge is -2.12. The summed E-state index contributed by atoms with van der Waals surface area (Å²) in [7, 11) is 1.37. The summed E-state index contributed by atoms with van der Waals surface area (Å²) < 4.78 is 4.55. The van der Waals surface area contributed by atoms with E-state index in [4.69, 9.17) is 12.2 Å². The number of thiocarbonyl (C=S) groups is 1. The van der Waals surface area contributed by atoms with E-state index in [0.29, 0.717) is 23.8 Å². The van der Waals surface area contributed by atoms with Crippen LogP contribution in [0.25, 0.3) is 0 Å². The van der Waals surface area contributed by atoms with Crippen LogP contribution in [-0.4, -0.2) is 29.7 Å². The molecule has 0 saturated carbocycles. The quantitative estimate of drug-likeness (QED) is 0.206. The number of carbonyl (C=O) groups is 1. The first-order valence-corrected chi connectivity index (χ1v) is 7.55. The molecule has 0 aliphatic rings. The van der Waals surface area contributed by atoms with Crippen molar-refractivity contribution in [1.29, 1.82) is 0 Å². The second-order valence-electron chi connectivity index (χ2n) is 4.67. The third kappa shape index (κ3) is 7.41. The van der Waals surface area contributed by atoms with Gasteiger partial charge < -0.3 is 10.1 Å². The maximum absolute atomic E-state index is 10.9. The third-order valence-corrected chi connectivity index (χ3v) is 3.23. The number of hydrazine groups is 1. The maximum Gasteiger partial charge on any atom is 0.305 e. The molecule has 3 N–H and O–H groups in total. The predicted octanol–water partition coefficient (Wildman–Crippen LogP) is 2.12. The maximum atomic E-state index is 10.9. The van der Waals surface area contributed by atoms with Crippen LogP contribution in [0.3, 0.4) is 0 Å². The van der Waals surface area contributed by atoms with Gasteiger partial charge in [0.15, 0.2) is 5.11 Å². The van der Waals surface area contributed by atoms with Crippen molar-refractivity contribution in [1.82, 2.24) is 10.7 Å². The molecule has 23 heavy (non-hydrogen) atoms. The van der Waals surface area contributed by atoms with Crippen LogP contribution < -0.4 is 16.2 Å². The number of unbranched alkanes of at least 4 members (excludes halogenated alkanes) is 2. The van der Waals surface area contributed by atoms with Crippen molar-refractivity contribution in [2.75, 3.05) is 19.1 Å². The number of hydrogen-bond donors (Lipinski definition) is 3. The van der Waals surface area contributed by atoms with Crippen LogP contribution in [0, 0.1) is 10.1 Å². The summed E-state index contributed by atoms with van der Waals surface area (Å²) in [5.74, 6) is -0.205. The smallest absolute Gasteiger partial charge is 0.305 e. The van der Waals surface area contributed by atoms with Crippen LogP contribution in [-0.2, 0) is 9.53 Å². The van der Waals surface area contributed by atoms with E-state index >= 15 is 0 Å². The fourth-order valence-electron chi connectivity index (χ4n) is 1.78. The van der Waals surface area contributed by atoms with Crippen molar-refractivity contribution in [2.45, 2.75) is 25.7 Å². The van der Waals surface area contributed by atoms with Gasteiger partial charge in [-0.2, -0.15) is 0 Å². The normalized spacial score (nSPS) is 9.78. The molecule has 126 valence electrons. The summed E-state index contributed by atoms with van der Waals surface area (Å²) in [6, 6.07) is 6.27. The minimum absolute atomic E-state index is 0.0365. The van der Waals surface area contributed by atoms with E-state index in [9.17, 15) is 14.9 Å². The number of nitro benzene ring substituents is 1. The van der Waals surface area contributed by atoms with Crippen LogP contribution in [0.5, 0.6) is 0 Å². The van der Waals surface area contributed by atoms with Gasteiger partial charge in [0.05, 0.1) is 12.0 Å². The molecule has 0 aliphatic carbocycles. The first-order chi connectivity index (χ1) is 11.0. The SMILES string of the molecule is COC(=O)CCCCCNC(=S)NNc1ccccc1[N+](=O)[O-]. The van der Waals surface area contributed by atoms with Crippen molar-refractivity contribution < 1.29 is 14.5 Å². The number of para-hydroxylation sites is 2. The highest BCUT2D eigenvalue weighted by molar-refractivity contribution is 7.80. The summed E-state index contributed by atoms with van der Waals surface area (Å²) in [6.45, 7) is 0.644. The molecular weight excluding hydrogens is 320 g/mol. The van der Waals surface area contributed by atoms with E-state index in [1.165, 1.54) is 13.2 Å². The number of nitrogens with zero attached hydrogens (tertiary/aromatic N) is 1. The molecule has 0 saturated heterocycles. The molecule has 0 fully saturated rings. The molecule has 9 heteroatoms. The number of methoxy groups -OCH3 is 1. The number of nitro groups is 1. The number of rotatable bonds is 9. The fraction of sp³-hybridized carbons (Fsp3) is 0.429. The Labute approximate surface area is 139 Å². The van der Waals surface area contributed by atoms with Crippen LogP contribution in [0.1, 0.15) is 25.7 Å². The van der Waals surface area contributed by atoms with Crippen LogP contribution in [0.4, 0.5) is 11.4 Å². The van der Waals surface area contributed by atoms with Crippen LogP contribution in [0.15, 0.2) is 24.3 Å². The van der Waals surface area contributed by atoms with Gasteiger partial charge in [-0.25, -0.2) is 0 Å².